The molecule has 2 aromatic heterocycles. The molecule has 0 saturated carbocycles. The fourth-order valence-electron chi connectivity index (χ4n) is 3.91. The van der Waals surface area contributed by atoms with Gasteiger partial charge in [-0.3, -0.25) is 4.79 Å². The summed E-state index contributed by atoms with van der Waals surface area (Å²) < 4.78 is 1.46. The molecule has 0 radical (unpaired) electrons. The number of hydrogen-bond donors (Lipinski definition) is 2. The number of fused-ring (bicyclic) bond motifs is 2. The SMILES string of the molecule is CC(C)(C)c1ccc(/C=N/n2c(N)c(C(=O)Nc3ccc(Cl)cc3)c3nc4ccccc4nc32)cc1. The molecule has 0 spiro atoms. The Morgan fingerprint density at radius 1 is 0.972 bits per heavy atom. The number of para-hydroxylation sites is 2. The Morgan fingerprint density at radius 2 is 1.61 bits per heavy atom. The van der Waals surface area contributed by atoms with Crippen LogP contribution in [0.4, 0.5) is 11.5 Å². The zero-order chi connectivity index (χ0) is 25.4. The molecular formula is C28H25ClN6O. The number of rotatable bonds is 4. The minimum absolute atomic E-state index is 0.0553. The quantitative estimate of drug-likeness (QED) is 0.287. The molecule has 3 aromatic carbocycles. The van der Waals surface area contributed by atoms with Crippen molar-refractivity contribution in [2.75, 3.05) is 11.1 Å². The maximum atomic E-state index is 13.3. The second kappa shape index (κ2) is 9.09. The lowest BCUT2D eigenvalue weighted by molar-refractivity contribution is 0.102. The van der Waals surface area contributed by atoms with E-state index in [2.05, 4.69) is 43.3 Å². The van der Waals surface area contributed by atoms with Gasteiger partial charge in [-0.25, -0.2) is 9.97 Å². The first kappa shape index (κ1) is 23.5. The Kier molecular flexibility index (Phi) is 5.94. The number of nitrogens with one attached hydrogen (secondary N) is 1. The number of halogens is 1. The summed E-state index contributed by atoms with van der Waals surface area (Å²) in [7, 11) is 0. The molecule has 0 unspecified atom stereocenters. The minimum Gasteiger partial charge on any atom is -0.383 e. The van der Waals surface area contributed by atoms with E-state index >= 15 is 0 Å². The molecule has 0 aliphatic carbocycles. The van der Waals surface area contributed by atoms with Crippen LogP contribution in [0.5, 0.6) is 0 Å². The second-order valence-electron chi connectivity index (χ2n) is 9.53. The molecule has 180 valence electrons. The summed E-state index contributed by atoms with van der Waals surface area (Å²) >= 11 is 5.97. The predicted octanol–water partition coefficient (Wildman–Crippen LogP) is 6.25. The van der Waals surface area contributed by atoms with Crippen molar-refractivity contribution in [1.29, 1.82) is 0 Å². The average molecular weight is 497 g/mol. The highest BCUT2D eigenvalue weighted by atomic mass is 35.5. The van der Waals surface area contributed by atoms with Gasteiger partial charge in [0.1, 0.15) is 16.9 Å². The highest BCUT2D eigenvalue weighted by molar-refractivity contribution is 6.30. The third-order valence-electron chi connectivity index (χ3n) is 5.90. The fourth-order valence-corrected chi connectivity index (χ4v) is 4.03. The van der Waals surface area contributed by atoms with Crippen LogP contribution in [0.2, 0.25) is 5.02 Å². The highest BCUT2D eigenvalue weighted by Crippen LogP contribution is 2.29. The second-order valence-corrected chi connectivity index (χ2v) is 9.97. The van der Waals surface area contributed by atoms with Crippen molar-refractivity contribution in [1.82, 2.24) is 14.6 Å². The van der Waals surface area contributed by atoms with Crippen molar-refractivity contribution in [3.8, 4) is 0 Å². The number of aromatic nitrogens is 3. The smallest absolute Gasteiger partial charge is 0.261 e. The predicted molar refractivity (Wildman–Crippen MR) is 147 cm³/mol. The molecule has 2 heterocycles. The Labute approximate surface area is 213 Å². The molecule has 7 nitrogen and oxygen atoms in total. The third-order valence-corrected chi connectivity index (χ3v) is 6.15. The Morgan fingerprint density at radius 3 is 2.25 bits per heavy atom. The molecule has 0 aliphatic heterocycles. The molecule has 1 amide bonds. The van der Waals surface area contributed by atoms with E-state index in [1.807, 2.05) is 36.4 Å². The summed E-state index contributed by atoms with van der Waals surface area (Å²) in [6.07, 6.45) is 1.69. The van der Waals surface area contributed by atoms with Gasteiger partial charge < -0.3 is 11.1 Å². The van der Waals surface area contributed by atoms with E-state index in [1.54, 1.807) is 30.5 Å². The largest absolute Gasteiger partial charge is 0.383 e. The molecular weight excluding hydrogens is 472 g/mol. The van der Waals surface area contributed by atoms with Crippen molar-refractivity contribution >= 4 is 57.4 Å². The van der Waals surface area contributed by atoms with Crippen LogP contribution in [0.15, 0.2) is 77.9 Å². The van der Waals surface area contributed by atoms with E-state index in [-0.39, 0.29) is 16.8 Å². The van der Waals surface area contributed by atoms with Crippen LogP contribution in [0.1, 0.15) is 42.3 Å². The van der Waals surface area contributed by atoms with Gasteiger partial charge in [-0.1, -0.05) is 68.8 Å². The Hall–Kier alpha value is -4.23. The standard InChI is InChI=1S/C28H25ClN6O/c1-28(2,3)18-10-8-17(9-11-18)16-31-35-25(30)23(27(36)32-20-14-12-19(29)13-15-20)24-26(35)34-22-7-5-4-6-21(22)33-24/h4-16H,30H2,1-3H3,(H,32,36)/b31-16+. The van der Waals surface area contributed by atoms with Gasteiger partial charge in [0.15, 0.2) is 5.65 Å². The zero-order valence-electron chi connectivity index (χ0n) is 20.2. The summed E-state index contributed by atoms with van der Waals surface area (Å²) in [5, 5.41) is 8.03. The number of nitrogen functional groups attached to an aromatic ring is 1. The molecule has 3 N–H and O–H groups in total. The number of carbonyl (C=O) groups excluding carboxylic acids is 1. The highest BCUT2D eigenvalue weighted by Gasteiger charge is 2.24. The number of nitrogens with zero attached hydrogens (tertiary/aromatic N) is 4. The van der Waals surface area contributed by atoms with Gasteiger partial charge in [0, 0.05) is 10.7 Å². The van der Waals surface area contributed by atoms with Gasteiger partial charge in [-0.15, -0.1) is 0 Å². The van der Waals surface area contributed by atoms with Crippen LogP contribution in [0, 0.1) is 0 Å². The molecule has 0 bridgehead atoms. The Balaban J connectivity index is 1.60. The van der Waals surface area contributed by atoms with E-state index in [9.17, 15) is 4.79 Å². The van der Waals surface area contributed by atoms with E-state index < -0.39 is 5.91 Å². The van der Waals surface area contributed by atoms with E-state index in [0.717, 1.165) is 5.56 Å². The van der Waals surface area contributed by atoms with Gasteiger partial charge in [0.25, 0.3) is 5.91 Å². The number of hydrogen-bond acceptors (Lipinski definition) is 5. The minimum atomic E-state index is -0.409. The van der Waals surface area contributed by atoms with Crippen LogP contribution in [0.25, 0.3) is 22.2 Å². The van der Waals surface area contributed by atoms with Crippen molar-refractivity contribution in [3.05, 3.63) is 94.5 Å². The number of nitrogens with two attached hydrogens (primary N) is 1. The van der Waals surface area contributed by atoms with Gasteiger partial charge in [0.05, 0.1) is 17.2 Å². The van der Waals surface area contributed by atoms with Crippen LogP contribution >= 0.6 is 11.6 Å². The first-order chi connectivity index (χ1) is 17.2. The zero-order valence-corrected chi connectivity index (χ0v) is 20.9. The Bertz CT molecular complexity index is 1610. The first-order valence-electron chi connectivity index (χ1n) is 11.5. The number of anilines is 2. The molecule has 0 aliphatic rings. The van der Waals surface area contributed by atoms with E-state index in [1.165, 1.54) is 10.2 Å². The van der Waals surface area contributed by atoms with Crippen LogP contribution in [0.3, 0.4) is 0 Å². The van der Waals surface area contributed by atoms with Gasteiger partial charge in [0.2, 0.25) is 0 Å². The summed E-state index contributed by atoms with van der Waals surface area (Å²) in [5.74, 6) is -0.262. The average Bonchev–Trinajstić information content (AvgIpc) is 3.12. The molecule has 5 rings (SSSR count). The van der Waals surface area contributed by atoms with E-state index in [0.29, 0.717) is 32.9 Å². The lowest BCUT2D eigenvalue weighted by Crippen LogP contribution is -2.14. The third kappa shape index (κ3) is 4.53. The fraction of sp³-hybridized carbons (Fsp3) is 0.143. The molecule has 0 fully saturated rings. The van der Waals surface area contributed by atoms with Crippen molar-refractivity contribution in [2.24, 2.45) is 5.10 Å². The molecule has 5 aromatic rings. The maximum absolute atomic E-state index is 13.3. The van der Waals surface area contributed by atoms with Gasteiger partial charge in [-0.05, 0) is 52.9 Å². The van der Waals surface area contributed by atoms with Crippen molar-refractivity contribution in [3.63, 3.8) is 0 Å². The summed E-state index contributed by atoms with van der Waals surface area (Å²) in [4.78, 5) is 22.8. The van der Waals surface area contributed by atoms with Crippen LogP contribution in [-0.2, 0) is 5.41 Å². The topological polar surface area (TPSA) is 98.2 Å². The molecule has 8 heteroatoms. The molecule has 0 saturated heterocycles. The molecule has 36 heavy (non-hydrogen) atoms. The number of benzene rings is 3. The molecule has 0 atom stereocenters. The number of amides is 1. The van der Waals surface area contributed by atoms with Crippen molar-refractivity contribution < 1.29 is 4.79 Å². The summed E-state index contributed by atoms with van der Waals surface area (Å²) in [6, 6.07) is 22.5. The van der Waals surface area contributed by atoms with Crippen LogP contribution in [-0.4, -0.2) is 26.8 Å². The number of carbonyl (C=O) groups is 1. The van der Waals surface area contributed by atoms with Gasteiger partial charge >= 0.3 is 0 Å². The van der Waals surface area contributed by atoms with Crippen molar-refractivity contribution in [2.45, 2.75) is 26.2 Å². The monoisotopic (exact) mass is 496 g/mol. The van der Waals surface area contributed by atoms with Crippen LogP contribution < -0.4 is 11.1 Å². The normalized spacial score (nSPS) is 12.0. The van der Waals surface area contributed by atoms with Gasteiger partial charge in [-0.2, -0.15) is 9.78 Å². The van der Waals surface area contributed by atoms with E-state index in [4.69, 9.17) is 27.3 Å². The first-order valence-corrected chi connectivity index (χ1v) is 11.9. The lowest BCUT2D eigenvalue weighted by Gasteiger charge is -2.18. The summed E-state index contributed by atoms with van der Waals surface area (Å²) in [5.41, 5.74) is 11.6. The lowest BCUT2D eigenvalue weighted by atomic mass is 9.87. The summed E-state index contributed by atoms with van der Waals surface area (Å²) in [6.45, 7) is 6.51. The maximum Gasteiger partial charge on any atom is 0.261 e.